The molecule has 1 amide bonds. The van der Waals surface area contributed by atoms with Gasteiger partial charge in [-0.1, -0.05) is 0 Å². The summed E-state index contributed by atoms with van der Waals surface area (Å²) in [6.45, 7) is 1.82. The average molecular weight is 258 g/mol. The van der Waals surface area contributed by atoms with Crippen molar-refractivity contribution in [2.45, 2.75) is 6.92 Å². The molecule has 0 aliphatic rings. The van der Waals surface area contributed by atoms with Gasteiger partial charge < -0.3 is 11.5 Å². The van der Waals surface area contributed by atoms with E-state index in [1.54, 1.807) is 16.8 Å². The predicted octanol–water partition coefficient (Wildman–Crippen LogP) is -0.700. The average Bonchev–Trinajstić information content (AvgIpc) is 2.94. The lowest BCUT2D eigenvalue weighted by atomic mass is 10.4. The van der Waals surface area contributed by atoms with Gasteiger partial charge in [-0.15, -0.1) is 10.2 Å². The lowest BCUT2D eigenvalue weighted by molar-refractivity contribution is 0.0996. The van der Waals surface area contributed by atoms with Crippen LogP contribution in [0.3, 0.4) is 0 Å². The van der Waals surface area contributed by atoms with E-state index >= 15 is 0 Å². The molecule has 3 aromatic rings. The topological polar surface area (TPSA) is 130 Å². The smallest absolute Gasteiger partial charge is 0.271 e. The first-order chi connectivity index (χ1) is 9.08. The second kappa shape index (κ2) is 3.77. The second-order valence-corrected chi connectivity index (χ2v) is 3.93. The van der Waals surface area contributed by atoms with Crippen LogP contribution in [0.2, 0.25) is 0 Å². The molecule has 0 spiro atoms. The molecule has 0 fully saturated rings. The van der Waals surface area contributed by atoms with Crippen LogP contribution in [0.15, 0.2) is 18.6 Å². The maximum absolute atomic E-state index is 11.1. The Bertz CT molecular complexity index is 786. The quantitative estimate of drug-likeness (QED) is 0.625. The standard InChI is InChI=1S/C10H10N8O/c1-5-14-15-10-9(13-2-3-17(5)10)18-4-6(11)7(16-18)8(12)19/h2-4H,11H2,1H3,(H2,12,19). The van der Waals surface area contributed by atoms with Gasteiger partial charge in [-0.2, -0.15) is 5.10 Å². The third-order valence-corrected chi connectivity index (χ3v) is 2.67. The molecule has 0 aromatic carbocycles. The molecule has 0 unspecified atom stereocenters. The summed E-state index contributed by atoms with van der Waals surface area (Å²) in [5.41, 5.74) is 11.5. The summed E-state index contributed by atoms with van der Waals surface area (Å²) in [6.07, 6.45) is 4.78. The van der Waals surface area contributed by atoms with E-state index in [4.69, 9.17) is 11.5 Å². The molecule has 4 N–H and O–H groups in total. The predicted molar refractivity (Wildman–Crippen MR) is 65.6 cm³/mol. The van der Waals surface area contributed by atoms with Crippen LogP contribution in [0, 0.1) is 6.92 Å². The third-order valence-electron chi connectivity index (χ3n) is 2.67. The van der Waals surface area contributed by atoms with Gasteiger partial charge in [-0.25, -0.2) is 9.67 Å². The van der Waals surface area contributed by atoms with E-state index in [2.05, 4.69) is 20.3 Å². The van der Waals surface area contributed by atoms with Gasteiger partial charge in [0, 0.05) is 12.4 Å². The van der Waals surface area contributed by atoms with Gasteiger partial charge in [0.15, 0.2) is 11.5 Å². The zero-order valence-corrected chi connectivity index (χ0v) is 9.98. The molecule has 0 aliphatic heterocycles. The van der Waals surface area contributed by atoms with Crippen molar-refractivity contribution in [1.29, 1.82) is 0 Å². The number of rotatable bonds is 2. The summed E-state index contributed by atoms with van der Waals surface area (Å²) in [4.78, 5) is 15.3. The number of aromatic nitrogens is 6. The molecular formula is C10H10N8O. The molecule has 3 rings (SSSR count). The number of nitrogen functional groups attached to an aromatic ring is 1. The number of fused-ring (bicyclic) bond motifs is 1. The first-order valence-corrected chi connectivity index (χ1v) is 5.39. The third kappa shape index (κ3) is 1.59. The van der Waals surface area contributed by atoms with Gasteiger partial charge in [0.05, 0.1) is 11.9 Å². The Balaban J connectivity index is 2.24. The molecule has 96 valence electrons. The Morgan fingerprint density at radius 3 is 2.84 bits per heavy atom. The van der Waals surface area contributed by atoms with Gasteiger partial charge in [0.1, 0.15) is 5.82 Å². The van der Waals surface area contributed by atoms with Crippen LogP contribution in [-0.4, -0.2) is 35.3 Å². The first kappa shape index (κ1) is 11.1. The largest absolute Gasteiger partial charge is 0.396 e. The summed E-state index contributed by atoms with van der Waals surface area (Å²) in [5.74, 6) is 0.442. The van der Waals surface area contributed by atoms with Crippen molar-refractivity contribution in [3.8, 4) is 5.82 Å². The molecule has 3 aromatic heterocycles. The van der Waals surface area contributed by atoms with E-state index in [0.29, 0.717) is 17.3 Å². The van der Waals surface area contributed by atoms with Crippen molar-refractivity contribution in [3.05, 3.63) is 30.1 Å². The number of carbonyl (C=O) groups excluding carboxylic acids is 1. The fourth-order valence-electron chi connectivity index (χ4n) is 1.78. The maximum atomic E-state index is 11.1. The number of amides is 1. The SMILES string of the molecule is Cc1nnc2c(-n3cc(N)c(C(N)=O)n3)nccn12. The zero-order valence-electron chi connectivity index (χ0n) is 9.98. The molecule has 9 heteroatoms. The zero-order chi connectivity index (χ0) is 13.6. The highest BCUT2D eigenvalue weighted by Crippen LogP contribution is 2.15. The number of anilines is 1. The number of hydrogen-bond donors (Lipinski definition) is 2. The molecule has 0 radical (unpaired) electrons. The van der Waals surface area contributed by atoms with Gasteiger partial charge in [0.25, 0.3) is 5.91 Å². The molecule has 0 atom stereocenters. The molecule has 0 saturated heterocycles. The van der Waals surface area contributed by atoms with Crippen molar-refractivity contribution in [1.82, 2.24) is 29.4 Å². The minimum atomic E-state index is -0.694. The van der Waals surface area contributed by atoms with E-state index in [1.165, 1.54) is 10.9 Å². The number of nitrogens with two attached hydrogens (primary N) is 2. The molecular weight excluding hydrogens is 248 g/mol. The summed E-state index contributed by atoms with van der Waals surface area (Å²) < 4.78 is 3.11. The van der Waals surface area contributed by atoms with Crippen LogP contribution < -0.4 is 11.5 Å². The number of aryl methyl sites for hydroxylation is 1. The normalized spacial score (nSPS) is 11.0. The number of carbonyl (C=O) groups is 1. The van der Waals surface area contributed by atoms with Gasteiger partial charge in [-0.3, -0.25) is 9.20 Å². The Hall–Kier alpha value is -2.97. The Morgan fingerprint density at radius 2 is 2.16 bits per heavy atom. The number of hydrogen-bond acceptors (Lipinski definition) is 6. The summed E-state index contributed by atoms with van der Waals surface area (Å²) >= 11 is 0. The summed E-state index contributed by atoms with van der Waals surface area (Å²) in [6, 6.07) is 0. The minimum absolute atomic E-state index is 0.0000373. The lowest BCUT2D eigenvalue weighted by Crippen LogP contribution is -2.14. The molecule has 3 heterocycles. The highest BCUT2D eigenvalue weighted by atomic mass is 16.1. The van der Waals surface area contributed by atoms with E-state index < -0.39 is 5.91 Å². The Kier molecular flexibility index (Phi) is 2.21. The summed E-state index contributed by atoms with van der Waals surface area (Å²) in [7, 11) is 0. The van der Waals surface area contributed by atoms with E-state index in [-0.39, 0.29) is 11.4 Å². The van der Waals surface area contributed by atoms with Gasteiger partial charge >= 0.3 is 0 Å². The van der Waals surface area contributed by atoms with Crippen molar-refractivity contribution in [2.75, 3.05) is 5.73 Å². The molecule has 0 saturated carbocycles. The fourth-order valence-corrected chi connectivity index (χ4v) is 1.78. The lowest BCUT2D eigenvalue weighted by Gasteiger charge is -2.01. The monoisotopic (exact) mass is 258 g/mol. The minimum Gasteiger partial charge on any atom is -0.396 e. The van der Waals surface area contributed by atoms with Crippen LogP contribution in [0.25, 0.3) is 11.5 Å². The van der Waals surface area contributed by atoms with Crippen molar-refractivity contribution in [2.24, 2.45) is 5.73 Å². The second-order valence-electron chi connectivity index (χ2n) is 3.93. The highest BCUT2D eigenvalue weighted by molar-refractivity contribution is 5.95. The van der Waals surface area contributed by atoms with E-state index in [9.17, 15) is 4.79 Å². The molecule has 0 aliphatic carbocycles. The Labute approximate surface area is 106 Å². The molecule has 19 heavy (non-hydrogen) atoms. The fraction of sp³-hybridized carbons (Fsp3) is 0.100. The van der Waals surface area contributed by atoms with Crippen molar-refractivity contribution in [3.63, 3.8) is 0 Å². The van der Waals surface area contributed by atoms with Crippen LogP contribution in [0.1, 0.15) is 16.3 Å². The van der Waals surface area contributed by atoms with E-state index in [0.717, 1.165) is 0 Å². The van der Waals surface area contributed by atoms with Gasteiger partial charge in [-0.05, 0) is 6.92 Å². The number of primary amides is 1. The van der Waals surface area contributed by atoms with Crippen LogP contribution in [-0.2, 0) is 0 Å². The van der Waals surface area contributed by atoms with Crippen LogP contribution in [0.4, 0.5) is 5.69 Å². The van der Waals surface area contributed by atoms with Crippen LogP contribution >= 0.6 is 0 Å². The molecule has 0 bridgehead atoms. The maximum Gasteiger partial charge on any atom is 0.271 e. The van der Waals surface area contributed by atoms with Crippen molar-refractivity contribution >= 4 is 17.2 Å². The van der Waals surface area contributed by atoms with Crippen molar-refractivity contribution < 1.29 is 4.79 Å². The van der Waals surface area contributed by atoms with Gasteiger partial charge in [0.2, 0.25) is 5.65 Å². The van der Waals surface area contributed by atoms with Crippen LogP contribution in [0.5, 0.6) is 0 Å². The highest BCUT2D eigenvalue weighted by Gasteiger charge is 2.16. The molecule has 9 nitrogen and oxygen atoms in total. The Morgan fingerprint density at radius 1 is 1.37 bits per heavy atom. The first-order valence-electron chi connectivity index (χ1n) is 5.39. The van der Waals surface area contributed by atoms with E-state index in [1.807, 2.05) is 6.92 Å². The number of nitrogens with zero attached hydrogens (tertiary/aromatic N) is 6. The summed E-state index contributed by atoms with van der Waals surface area (Å²) in [5, 5.41) is 12.0.